The lowest BCUT2D eigenvalue weighted by molar-refractivity contribution is -0.154. The number of hydrogen-bond acceptors (Lipinski definition) is 2. The zero-order valence-electron chi connectivity index (χ0n) is 19.6. The Hall–Kier alpha value is -1.82. The molecule has 3 aliphatic carbocycles. The van der Waals surface area contributed by atoms with Crippen molar-refractivity contribution in [3.05, 3.63) is 47.5 Å². The third kappa shape index (κ3) is 3.64. The van der Waals surface area contributed by atoms with E-state index in [-0.39, 0.29) is 28.7 Å². The Morgan fingerprint density at radius 1 is 1.12 bits per heavy atom. The number of likely N-dealkylation sites (N-methyl/N-ethyl adjacent to an activating group) is 1. The van der Waals surface area contributed by atoms with Crippen molar-refractivity contribution >= 4 is 5.91 Å². The molecule has 0 radical (unpaired) electrons. The van der Waals surface area contributed by atoms with Crippen molar-refractivity contribution in [1.82, 2.24) is 4.90 Å². The van der Waals surface area contributed by atoms with Gasteiger partial charge in [0, 0.05) is 18.5 Å². The molecule has 1 amide bonds. The molecule has 8 atom stereocenters. The number of rotatable bonds is 2. The predicted octanol–water partition coefficient (Wildman–Crippen LogP) is 5.47. The molecule has 0 saturated heterocycles. The number of halogens is 3. The van der Waals surface area contributed by atoms with E-state index >= 15 is 0 Å². The second-order valence-electron chi connectivity index (χ2n) is 11.7. The van der Waals surface area contributed by atoms with Crippen molar-refractivity contribution in [2.45, 2.75) is 70.7 Å². The Morgan fingerprint density at radius 3 is 2.48 bits per heavy atom. The van der Waals surface area contributed by atoms with Crippen LogP contribution >= 0.6 is 0 Å². The molecule has 1 aromatic rings. The number of aliphatic hydroxyl groups excluding tert-OH is 1. The molecule has 6 heteroatoms. The summed E-state index contributed by atoms with van der Waals surface area (Å²) in [6, 6.07) is 5.65. The zero-order chi connectivity index (χ0) is 23.8. The lowest BCUT2D eigenvalue weighted by atomic mass is 9.48. The summed E-state index contributed by atoms with van der Waals surface area (Å²) >= 11 is 0. The van der Waals surface area contributed by atoms with Crippen LogP contribution in [0.2, 0.25) is 0 Å². The summed E-state index contributed by atoms with van der Waals surface area (Å²) in [4.78, 5) is 14.1. The third-order valence-corrected chi connectivity index (χ3v) is 9.82. The molecule has 1 aliphatic heterocycles. The smallest absolute Gasteiger partial charge is 0.393 e. The number of benzene rings is 1. The highest BCUT2D eigenvalue weighted by Crippen LogP contribution is 2.65. The number of carbonyl (C=O) groups is 1. The first kappa shape index (κ1) is 22.9. The van der Waals surface area contributed by atoms with Crippen molar-refractivity contribution < 1.29 is 23.1 Å². The number of fused-ring (bicyclic) bond motifs is 5. The van der Waals surface area contributed by atoms with Gasteiger partial charge in [0.1, 0.15) is 0 Å². The van der Waals surface area contributed by atoms with Gasteiger partial charge in [0.05, 0.1) is 11.7 Å². The minimum absolute atomic E-state index is 0.0150. The van der Waals surface area contributed by atoms with Crippen LogP contribution < -0.4 is 0 Å². The molecule has 180 valence electrons. The van der Waals surface area contributed by atoms with E-state index in [2.05, 4.69) is 19.9 Å². The van der Waals surface area contributed by atoms with Crippen LogP contribution in [-0.2, 0) is 17.4 Å². The van der Waals surface area contributed by atoms with Crippen LogP contribution in [0.5, 0.6) is 0 Å². The van der Waals surface area contributed by atoms with Gasteiger partial charge in [0.2, 0.25) is 5.91 Å². The zero-order valence-corrected chi connectivity index (χ0v) is 19.6. The molecule has 1 aromatic carbocycles. The number of carbonyl (C=O) groups excluding carboxylic acids is 1. The van der Waals surface area contributed by atoms with E-state index in [0.717, 1.165) is 37.7 Å². The molecule has 1 heterocycles. The molecular formula is C27H34F3NO2. The summed E-state index contributed by atoms with van der Waals surface area (Å²) in [6.07, 6.45) is 4.70. The predicted molar refractivity (Wildman–Crippen MR) is 120 cm³/mol. The Bertz CT molecular complexity index is 957. The van der Waals surface area contributed by atoms with Gasteiger partial charge in [-0.05, 0) is 91.4 Å². The van der Waals surface area contributed by atoms with Gasteiger partial charge in [-0.2, -0.15) is 13.2 Å². The Kier molecular flexibility index (Phi) is 5.28. The van der Waals surface area contributed by atoms with E-state index in [1.165, 1.54) is 12.1 Å². The SMILES string of the molecule is CN1C(=O)C=C[C@@]2(C)C1CC(O)[C@@H]1[C@H]2CC[C@]2(C)CC(Cc3ccc(C(F)(F)F)cc3)C[C@@H]12. The molecule has 1 N–H and O–H groups in total. The second-order valence-corrected chi connectivity index (χ2v) is 11.7. The van der Waals surface area contributed by atoms with E-state index in [1.807, 2.05) is 11.9 Å². The van der Waals surface area contributed by atoms with Crippen LogP contribution in [0.15, 0.2) is 36.4 Å². The first-order chi connectivity index (χ1) is 15.4. The highest BCUT2D eigenvalue weighted by atomic mass is 19.4. The summed E-state index contributed by atoms with van der Waals surface area (Å²) in [7, 11) is 1.85. The van der Waals surface area contributed by atoms with Gasteiger partial charge in [-0.1, -0.05) is 32.1 Å². The second kappa shape index (κ2) is 7.59. The van der Waals surface area contributed by atoms with Crippen LogP contribution in [0.4, 0.5) is 13.2 Å². The molecule has 4 aliphatic rings. The van der Waals surface area contributed by atoms with Crippen molar-refractivity contribution in [1.29, 1.82) is 0 Å². The minimum Gasteiger partial charge on any atom is -0.393 e. The number of amides is 1. The molecule has 33 heavy (non-hydrogen) atoms. The van der Waals surface area contributed by atoms with E-state index in [9.17, 15) is 23.1 Å². The first-order valence-electron chi connectivity index (χ1n) is 12.2. The molecular weight excluding hydrogens is 427 g/mol. The molecule has 5 rings (SSSR count). The van der Waals surface area contributed by atoms with Crippen LogP contribution in [-0.4, -0.2) is 35.1 Å². The third-order valence-electron chi connectivity index (χ3n) is 9.82. The van der Waals surface area contributed by atoms with Crippen LogP contribution in [0.25, 0.3) is 0 Å². The summed E-state index contributed by atoms with van der Waals surface area (Å²) in [5.74, 6) is 1.37. The normalized spacial score (nSPS) is 42.6. The van der Waals surface area contributed by atoms with Gasteiger partial charge in [-0.15, -0.1) is 0 Å². The summed E-state index contributed by atoms with van der Waals surface area (Å²) in [5, 5.41) is 11.3. The number of alkyl halides is 3. The number of aliphatic hydroxyl groups is 1. The molecule has 0 aromatic heterocycles. The van der Waals surface area contributed by atoms with Gasteiger partial charge in [-0.25, -0.2) is 0 Å². The fourth-order valence-corrected chi connectivity index (χ4v) is 8.20. The largest absolute Gasteiger partial charge is 0.416 e. The van der Waals surface area contributed by atoms with Crippen molar-refractivity contribution in [2.75, 3.05) is 7.05 Å². The number of nitrogens with zero attached hydrogens (tertiary/aromatic N) is 1. The highest BCUT2D eigenvalue weighted by molar-refractivity contribution is 5.89. The van der Waals surface area contributed by atoms with Crippen molar-refractivity contribution in [2.24, 2.45) is 34.5 Å². The van der Waals surface area contributed by atoms with E-state index in [4.69, 9.17) is 0 Å². The maximum atomic E-state index is 12.9. The van der Waals surface area contributed by atoms with Gasteiger partial charge in [-0.3, -0.25) is 4.79 Å². The Morgan fingerprint density at radius 2 is 1.82 bits per heavy atom. The van der Waals surface area contributed by atoms with Gasteiger partial charge < -0.3 is 10.0 Å². The molecule has 3 nitrogen and oxygen atoms in total. The van der Waals surface area contributed by atoms with Gasteiger partial charge >= 0.3 is 6.18 Å². The van der Waals surface area contributed by atoms with E-state index in [1.54, 1.807) is 18.2 Å². The first-order valence-corrected chi connectivity index (χ1v) is 12.2. The fourth-order valence-electron chi connectivity index (χ4n) is 8.20. The summed E-state index contributed by atoms with van der Waals surface area (Å²) in [5.41, 5.74) is 0.387. The lowest BCUT2D eigenvalue weighted by Crippen LogP contribution is -2.63. The standard InChI is InChI=1S/C27H34F3NO2/c1-25-10-8-19-24(21(32)14-22-26(19,2)11-9-23(33)31(22)3)20(25)13-17(15-25)12-16-4-6-18(7-5-16)27(28,29)30/h4-7,9,11,17,19-22,24,32H,8,10,12-15H2,1-3H3/t17?,19-,20+,21?,22?,24-,25-,26-/m1/s1. The maximum absolute atomic E-state index is 12.9. The summed E-state index contributed by atoms with van der Waals surface area (Å²) in [6.45, 7) is 4.62. The molecule has 3 fully saturated rings. The molecule has 3 saturated carbocycles. The van der Waals surface area contributed by atoms with Crippen molar-refractivity contribution in [3.63, 3.8) is 0 Å². The average molecular weight is 462 g/mol. The Labute approximate surface area is 194 Å². The lowest BCUT2D eigenvalue weighted by Gasteiger charge is -2.61. The van der Waals surface area contributed by atoms with Crippen LogP contribution in [0.1, 0.15) is 57.1 Å². The monoisotopic (exact) mass is 461 g/mol. The van der Waals surface area contributed by atoms with Crippen LogP contribution in [0, 0.1) is 34.5 Å². The minimum atomic E-state index is -4.30. The molecule has 3 unspecified atom stereocenters. The molecule has 0 bridgehead atoms. The van der Waals surface area contributed by atoms with E-state index in [0.29, 0.717) is 24.2 Å². The van der Waals surface area contributed by atoms with E-state index < -0.39 is 17.8 Å². The topological polar surface area (TPSA) is 40.5 Å². The quantitative estimate of drug-likeness (QED) is 0.634. The highest BCUT2D eigenvalue weighted by Gasteiger charge is 2.61. The van der Waals surface area contributed by atoms with Crippen molar-refractivity contribution in [3.8, 4) is 0 Å². The fraction of sp³-hybridized carbons (Fsp3) is 0.667. The van der Waals surface area contributed by atoms with Crippen LogP contribution in [0.3, 0.4) is 0 Å². The molecule has 0 spiro atoms. The van der Waals surface area contributed by atoms with Gasteiger partial charge in [0.25, 0.3) is 0 Å². The summed E-state index contributed by atoms with van der Waals surface area (Å²) < 4.78 is 38.7. The average Bonchev–Trinajstić information content (AvgIpc) is 3.08. The Balaban J connectivity index is 1.37. The number of hydrogen-bond donors (Lipinski definition) is 1. The van der Waals surface area contributed by atoms with Gasteiger partial charge in [0.15, 0.2) is 0 Å². The maximum Gasteiger partial charge on any atom is 0.416 e.